The maximum Gasteiger partial charge on any atom is 0.293 e. The summed E-state index contributed by atoms with van der Waals surface area (Å²) in [5.41, 5.74) is 2.16. The van der Waals surface area contributed by atoms with Crippen LogP contribution < -0.4 is 15.1 Å². The molecule has 0 bridgehead atoms. The number of amidine groups is 2. The minimum atomic E-state index is -0.0107. The molecule has 7 nitrogen and oxygen atoms in total. The van der Waals surface area contributed by atoms with Gasteiger partial charge in [0.25, 0.3) is 12.0 Å². The molecule has 0 aliphatic carbocycles. The average Bonchev–Trinajstić information content (AvgIpc) is 3.43. The molecule has 2 aliphatic heterocycles. The first-order valence-electron chi connectivity index (χ1n) is 10.7. The summed E-state index contributed by atoms with van der Waals surface area (Å²) in [6.45, 7) is 5.53. The van der Waals surface area contributed by atoms with E-state index in [-0.39, 0.29) is 12.1 Å². The molecule has 32 heavy (non-hydrogen) atoms. The highest BCUT2D eigenvalue weighted by Gasteiger charge is 2.26. The molecule has 0 saturated heterocycles. The van der Waals surface area contributed by atoms with Crippen LogP contribution in [0.3, 0.4) is 0 Å². The van der Waals surface area contributed by atoms with Crippen molar-refractivity contribution in [3.05, 3.63) is 58.6 Å². The van der Waals surface area contributed by atoms with Gasteiger partial charge in [-0.15, -0.1) is 0 Å². The fourth-order valence-electron chi connectivity index (χ4n) is 3.70. The molecule has 170 valence electrons. The Bertz CT molecular complexity index is 986. The number of nitrogens with zero attached hydrogens (tertiary/aromatic N) is 4. The van der Waals surface area contributed by atoms with Crippen molar-refractivity contribution in [2.24, 2.45) is 9.98 Å². The summed E-state index contributed by atoms with van der Waals surface area (Å²) in [6.07, 6.45) is 0. The van der Waals surface area contributed by atoms with Crippen LogP contribution in [0, 0.1) is 0 Å². The van der Waals surface area contributed by atoms with Crippen LogP contribution in [0.1, 0.15) is 6.92 Å². The van der Waals surface area contributed by atoms with Gasteiger partial charge in [0.05, 0.1) is 10.0 Å². The van der Waals surface area contributed by atoms with Crippen molar-refractivity contribution in [1.29, 1.82) is 0 Å². The van der Waals surface area contributed by atoms with Gasteiger partial charge in [-0.1, -0.05) is 41.4 Å². The summed E-state index contributed by atoms with van der Waals surface area (Å²) < 4.78 is 11.4. The first-order chi connectivity index (χ1) is 15.5. The fourth-order valence-corrected chi connectivity index (χ4v) is 3.99. The van der Waals surface area contributed by atoms with Crippen LogP contribution in [-0.4, -0.2) is 64.0 Å². The van der Waals surface area contributed by atoms with Crippen molar-refractivity contribution in [1.82, 2.24) is 5.32 Å². The predicted molar refractivity (Wildman–Crippen MR) is 132 cm³/mol. The Morgan fingerprint density at radius 1 is 0.906 bits per heavy atom. The highest BCUT2D eigenvalue weighted by atomic mass is 35.5. The van der Waals surface area contributed by atoms with Crippen LogP contribution in [0.2, 0.25) is 10.0 Å². The number of anilines is 2. The second-order valence-corrected chi connectivity index (χ2v) is 8.59. The number of ether oxygens (including phenoxy) is 2. The molecule has 0 spiro atoms. The van der Waals surface area contributed by atoms with Gasteiger partial charge in [0.2, 0.25) is 0 Å². The first-order valence-corrected chi connectivity index (χ1v) is 11.4. The number of hydrogen-bond acceptors (Lipinski definition) is 7. The zero-order chi connectivity index (χ0) is 22.5. The highest BCUT2D eigenvalue weighted by Crippen LogP contribution is 2.27. The zero-order valence-electron chi connectivity index (χ0n) is 18.2. The molecular weight excluding hydrogens is 449 g/mol. The fraction of sp³-hybridized carbons (Fsp3) is 0.391. The van der Waals surface area contributed by atoms with Gasteiger partial charge in [-0.25, -0.2) is 9.98 Å². The quantitative estimate of drug-likeness (QED) is 0.654. The third-order valence-corrected chi connectivity index (χ3v) is 6.14. The Labute approximate surface area is 198 Å². The highest BCUT2D eigenvalue weighted by molar-refractivity contribution is 6.42. The largest absolute Gasteiger partial charge is 0.463 e. The maximum absolute atomic E-state index is 6.13. The number of aliphatic imine (C=N–C) groups is 2. The van der Waals surface area contributed by atoms with E-state index in [2.05, 4.69) is 44.2 Å². The van der Waals surface area contributed by atoms with Gasteiger partial charge < -0.3 is 19.3 Å². The summed E-state index contributed by atoms with van der Waals surface area (Å²) >= 11 is 12.1. The lowest BCUT2D eigenvalue weighted by atomic mass is 10.2. The molecule has 0 fully saturated rings. The number of nitrogens with one attached hydrogen (secondary N) is 1. The van der Waals surface area contributed by atoms with Crippen molar-refractivity contribution < 1.29 is 9.47 Å². The third-order valence-electron chi connectivity index (χ3n) is 5.40. The van der Waals surface area contributed by atoms with E-state index < -0.39 is 0 Å². The van der Waals surface area contributed by atoms with Gasteiger partial charge >= 0.3 is 0 Å². The second kappa shape index (κ2) is 10.3. The Morgan fingerprint density at radius 3 is 2.19 bits per heavy atom. The maximum atomic E-state index is 6.13. The topological polar surface area (TPSA) is 61.7 Å². The van der Waals surface area contributed by atoms with E-state index in [1.54, 1.807) is 6.07 Å². The van der Waals surface area contributed by atoms with Crippen LogP contribution in [0.5, 0.6) is 0 Å². The van der Waals surface area contributed by atoms with Crippen LogP contribution in [0.15, 0.2) is 58.5 Å². The van der Waals surface area contributed by atoms with Gasteiger partial charge in [0, 0.05) is 38.1 Å². The SMILES string of the molecule is CCN(CC1COC(NC2=NC(CN(C)c3ccc(Cl)c(Cl)c3)CO2)=N1)c1ccccc1. The van der Waals surface area contributed by atoms with E-state index in [9.17, 15) is 0 Å². The van der Waals surface area contributed by atoms with Crippen molar-refractivity contribution >= 4 is 46.6 Å². The van der Waals surface area contributed by atoms with E-state index in [0.717, 1.165) is 18.8 Å². The van der Waals surface area contributed by atoms with Crippen LogP contribution in [0.4, 0.5) is 11.4 Å². The molecule has 0 amide bonds. The molecule has 2 aromatic carbocycles. The summed E-state index contributed by atoms with van der Waals surface area (Å²) in [5.74, 6) is 0. The second-order valence-electron chi connectivity index (χ2n) is 7.78. The minimum absolute atomic E-state index is 0.0107. The first kappa shape index (κ1) is 22.6. The summed E-state index contributed by atoms with van der Waals surface area (Å²) in [4.78, 5) is 13.6. The van der Waals surface area contributed by atoms with Crippen molar-refractivity contribution in [3.8, 4) is 0 Å². The van der Waals surface area contributed by atoms with E-state index in [1.165, 1.54) is 5.69 Å². The Balaban J connectivity index is 1.30. The Kier molecular flexibility index (Phi) is 7.27. The number of hydrogen-bond donors (Lipinski definition) is 1. The predicted octanol–water partition coefficient (Wildman–Crippen LogP) is 4.06. The van der Waals surface area contributed by atoms with Gasteiger partial charge in [0.15, 0.2) is 0 Å². The van der Waals surface area contributed by atoms with Gasteiger partial charge in [-0.05, 0) is 37.3 Å². The average molecular weight is 476 g/mol. The van der Waals surface area contributed by atoms with E-state index in [4.69, 9.17) is 32.7 Å². The number of rotatable bonds is 7. The molecule has 2 aliphatic rings. The molecule has 2 unspecified atom stereocenters. The number of benzene rings is 2. The van der Waals surface area contributed by atoms with E-state index in [1.807, 2.05) is 37.4 Å². The molecule has 4 rings (SSSR count). The van der Waals surface area contributed by atoms with Crippen molar-refractivity contribution in [3.63, 3.8) is 0 Å². The Hall–Kier alpha value is -2.64. The minimum Gasteiger partial charge on any atom is -0.463 e. The number of halogens is 2. The normalized spacial score (nSPS) is 19.6. The van der Waals surface area contributed by atoms with E-state index in [0.29, 0.717) is 41.8 Å². The molecule has 2 heterocycles. The smallest absolute Gasteiger partial charge is 0.293 e. The standard InChI is InChI=1S/C23H27Cl2N5O2/c1-3-30(18-7-5-4-6-8-18)13-17-15-32-23(27-17)28-22-26-16(14-31-22)12-29(2)19-9-10-20(24)21(25)11-19/h4-11,16-17H,3,12-15H2,1-2H3,(H,26,27,28). The molecular formula is C23H27Cl2N5O2. The monoisotopic (exact) mass is 475 g/mol. The van der Waals surface area contributed by atoms with Crippen LogP contribution in [-0.2, 0) is 9.47 Å². The molecule has 0 saturated carbocycles. The van der Waals surface area contributed by atoms with Crippen molar-refractivity contribution in [2.75, 3.05) is 49.7 Å². The summed E-state index contributed by atoms with van der Waals surface area (Å²) in [6, 6.07) is 16.8. The van der Waals surface area contributed by atoms with E-state index >= 15 is 0 Å². The van der Waals surface area contributed by atoms with Gasteiger partial charge in [-0.2, -0.15) is 0 Å². The van der Waals surface area contributed by atoms with Gasteiger partial charge in [0.1, 0.15) is 25.3 Å². The lowest BCUT2D eigenvalue weighted by molar-refractivity contribution is 0.292. The van der Waals surface area contributed by atoms with Gasteiger partial charge in [-0.3, -0.25) is 5.32 Å². The molecule has 2 atom stereocenters. The molecule has 1 N–H and O–H groups in total. The molecule has 9 heteroatoms. The van der Waals surface area contributed by atoms with Crippen LogP contribution >= 0.6 is 23.2 Å². The molecule has 0 aromatic heterocycles. The Morgan fingerprint density at radius 2 is 1.56 bits per heavy atom. The third kappa shape index (κ3) is 5.58. The summed E-state index contributed by atoms with van der Waals surface area (Å²) in [5, 5.41) is 4.15. The molecule has 0 radical (unpaired) electrons. The summed E-state index contributed by atoms with van der Waals surface area (Å²) in [7, 11) is 1.99. The number of likely N-dealkylation sites (N-methyl/N-ethyl adjacent to an activating group) is 2. The molecule has 2 aromatic rings. The van der Waals surface area contributed by atoms with Crippen molar-refractivity contribution in [2.45, 2.75) is 19.0 Å². The number of para-hydroxylation sites is 1. The zero-order valence-corrected chi connectivity index (χ0v) is 19.7. The van der Waals surface area contributed by atoms with Crippen LogP contribution in [0.25, 0.3) is 0 Å². The lowest BCUT2D eigenvalue weighted by Gasteiger charge is -2.24. The lowest BCUT2D eigenvalue weighted by Crippen LogP contribution is -2.32.